The molecular weight excluding hydrogens is 338 g/mol. The minimum absolute atomic E-state index is 0.0769. The summed E-state index contributed by atoms with van der Waals surface area (Å²) in [6.45, 7) is 7.59. The van der Waals surface area contributed by atoms with Crippen LogP contribution in [0.5, 0.6) is 0 Å². The van der Waals surface area contributed by atoms with Crippen molar-refractivity contribution < 1.29 is 14.5 Å². The van der Waals surface area contributed by atoms with E-state index in [4.69, 9.17) is 0 Å². The highest BCUT2D eigenvalue weighted by Gasteiger charge is 2.33. The van der Waals surface area contributed by atoms with Gasteiger partial charge in [0.05, 0.1) is 26.2 Å². The SMILES string of the molecule is CCN(C(=O)[C@@H](C)[NH+]1CCN(C(=O)c2ccccc2)CC1)c1ccccc1. The summed E-state index contributed by atoms with van der Waals surface area (Å²) >= 11 is 0. The van der Waals surface area contributed by atoms with E-state index in [1.165, 1.54) is 4.90 Å². The van der Waals surface area contributed by atoms with E-state index in [9.17, 15) is 9.59 Å². The number of likely N-dealkylation sites (N-methyl/N-ethyl adjacent to an activating group) is 1. The zero-order chi connectivity index (χ0) is 19.2. The van der Waals surface area contributed by atoms with Gasteiger partial charge in [0.1, 0.15) is 0 Å². The molecule has 0 saturated carbocycles. The van der Waals surface area contributed by atoms with Crippen LogP contribution in [0.1, 0.15) is 24.2 Å². The van der Waals surface area contributed by atoms with Crippen LogP contribution in [-0.4, -0.2) is 55.5 Å². The molecule has 1 aliphatic rings. The summed E-state index contributed by atoms with van der Waals surface area (Å²) in [4.78, 5) is 30.6. The van der Waals surface area contributed by atoms with E-state index in [1.807, 2.05) is 84.3 Å². The van der Waals surface area contributed by atoms with Crippen LogP contribution >= 0.6 is 0 Å². The number of amides is 2. The molecule has 0 aliphatic carbocycles. The van der Waals surface area contributed by atoms with Crippen LogP contribution in [0.25, 0.3) is 0 Å². The number of hydrogen-bond acceptors (Lipinski definition) is 2. The van der Waals surface area contributed by atoms with Gasteiger partial charge in [-0.05, 0) is 38.1 Å². The molecule has 2 aromatic carbocycles. The number of carbonyl (C=O) groups excluding carboxylic acids is 2. The summed E-state index contributed by atoms with van der Waals surface area (Å²) in [5, 5.41) is 0. The second-order valence-electron chi connectivity index (χ2n) is 6.96. The molecule has 3 rings (SSSR count). The lowest BCUT2D eigenvalue weighted by molar-refractivity contribution is -0.917. The van der Waals surface area contributed by atoms with Crippen molar-refractivity contribution >= 4 is 17.5 Å². The van der Waals surface area contributed by atoms with Gasteiger partial charge >= 0.3 is 0 Å². The van der Waals surface area contributed by atoms with Crippen LogP contribution in [0.4, 0.5) is 5.69 Å². The number of hydrogen-bond donors (Lipinski definition) is 1. The van der Waals surface area contributed by atoms with Gasteiger partial charge in [0.2, 0.25) is 0 Å². The first-order valence-electron chi connectivity index (χ1n) is 9.67. The Morgan fingerprint density at radius 1 is 1.00 bits per heavy atom. The molecule has 0 aromatic heterocycles. The number of piperazine rings is 1. The Morgan fingerprint density at radius 3 is 2.11 bits per heavy atom. The fourth-order valence-electron chi connectivity index (χ4n) is 3.68. The lowest BCUT2D eigenvalue weighted by Crippen LogP contribution is -3.19. The molecule has 0 spiro atoms. The number of nitrogens with zero attached hydrogens (tertiary/aromatic N) is 2. The normalized spacial score (nSPS) is 16.0. The molecular formula is C22H28N3O2+. The van der Waals surface area contributed by atoms with Gasteiger partial charge in [0.15, 0.2) is 6.04 Å². The predicted molar refractivity (Wildman–Crippen MR) is 107 cm³/mol. The van der Waals surface area contributed by atoms with E-state index in [0.717, 1.165) is 24.3 Å². The number of anilines is 1. The molecule has 2 amide bonds. The van der Waals surface area contributed by atoms with Crippen LogP contribution in [0, 0.1) is 0 Å². The van der Waals surface area contributed by atoms with Crippen LogP contribution in [0.2, 0.25) is 0 Å². The van der Waals surface area contributed by atoms with Crippen LogP contribution in [0.15, 0.2) is 60.7 Å². The van der Waals surface area contributed by atoms with Crippen molar-refractivity contribution in [2.24, 2.45) is 0 Å². The standard InChI is InChI=1S/C22H27N3O2/c1-3-25(20-12-8-5-9-13-20)21(26)18(2)23-14-16-24(17-15-23)22(27)19-10-6-4-7-11-19/h4-13,18H,3,14-17H2,1-2H3/p+1/t18-/m1/s1. The highest BCUT2D eigenvalue weighted by atomic mass is 16.2. The maximum absolute atomic E-state index is 13.0. The maximum Gasteiger partial charge on any atom is 0.284 e. The highest BCUT2D eigenvalue weighted by molar-refractivity contribution is 5.96. The lowest BCUT2D eigenvalue weighted by Gasteiger charge is -2.36. The van der Waals surface area contributed by atoms with Gasteiger partial charge in [-0.15, -0.1) is 0 Å². The van der Waals surface area contributed by atoms with E-state index in [-0.39, 0.29) is 17.9 Å². The third-order valence-corrected chi connectivity index (χ3v) is 5.35. The second-order valence-corrected chi connectivity index (χ2v) is 6.96. The Kier molecular flexibility index (Phi) is 6.24. The summed E-state index contributed by atoms with van der Waals surface area (Å²) in [6.07, 6.45) is 0. The van der Waals surface area contributed by atoms with Gasteiger partial charge in [-0.1, -0.05) is 36.4 Å². The first-order valence-corrected chi connectivity index (χ1v) is 9.67. The molecule has 5 heteroatoms. The van der Waals surface area contributed by atoms with Gasteiger partial charge in [0, 0.05) is 17.8 Å². The smallest absolute Gasteiger partial charge is 0.284 e. The van der Waals surface area contributed by atoms with Gasteiger partial charge in [0.25, 0.3) is 11.8 Å². The third-order valence-electron chi connectivity index (χ3n) is 5.35. The van der Waals surface area contributed by atoms with Crippen molar-refractivity contribution in [3.63, 3.8) is 0 Å². The first-order chi connectivity index (χ1) is 13.1. The predicted octanol–water partition coefficient (Wildman–Crippen LogP) is 1.47. The molecule has 1 fully saturated rings. The average molecular weight is 366 g/mol. The van der Waals surface area contributed by atoms with E-state index in [2.05, 4.69) is 0 Å². The van der Waals surface area contributed by atoms with Crippen molar-refractivity contribution in [2.75, 3.05) is 37.6 Å². The number of carbonyl (C=O) groups is 2. The molecule has 5 nitrogen and oxygen atoms in total. The molecule has 1 atom stereocenters. The van der Waals surface area contributed by atoms with Gasteiger partial charge in [-0.2, -0.15) is 0 Å². The van der Waals surface area contributed by atoms with Crippen molar-refractivity contribution in [2.45, 2.75) is 19.9 Å². The molecule has 1 saturated heterocycles. The van der Waals surface area contributed by atoms with Gasteiger partial charge < -0.3 is 14.7 Å². The third kappa shape index (κ3) is 4.37. The topological polar surface area (TPSA) is 45.1 Å². The first kappa shape index (κ1) is 19.1. The molecule has 2 aromatic rings. The summed E-state index contributed by atoms with van der Waals surface area (Å²) < 4.78 is 0. The maximum atomic E-state index is 13.0. The number of quaternary nitrogens is 1. The van der Waals surface area contributed by atoms with Crippen LogP contribution in [-0.2, 0) is 4.79 Å². The number of benzene rings is 2. The number of nitrogens with one attached hydrogen (secondary N) is 1. The minimum atomic E-state index is -0.126. The summed E-state index contributed by atoms with van der Waals surface area (Å²) in [5.41, 5.74) is 1.67. The minimum Gasteiger partial charge on any atom is -0.327 e. The quantitative estimate of drug-likeness (QED) is 0.871. The Hall–Kier alpha value is -2.66. The molecule has 0 bridgehead atoms. The lowest BCUT2D eigenvalue weighted by atomic mass is 10.1. The Morgan fingerprint density at radius 2 is 1.56 bits per heavy atom. The van der Waals surface area contributed by atoms with Crippen molar-refractivity contribution in [1.29, 1.82) is 0 Å². The summed E-state index contributed by atoms with van der Waals surface area (Å²) in [7, 11) is 0. The monoisotopic (exact) mass is 366 g/mol. The molecule has 1 N–H and O–H groups in total. The summed E-state index contributed by atoms with van der Waals surface area (Å²) in [5.74, 6) is 0.217. The summed E-state index contributed by atoms with van der Waals surface area (Å²) in [6, 6.07) is 19.1. The van der Waals surface area contributed by atoms with Crippen molar-refractivity contribution in [1.82, 2.24) is 4.90 Å². The van der Waals surface area contributed by atoms with Crippen LogP contribution in [0.3, 0.4) is 0 Å². The molecule has 142 valence electrons. The molecule has 1 heterocycles. The van der Waals surface area contributed by atoms with Crippen molar-refractivity contribution in [3.8, 4) is 0 Å². The fraction of sp³-hybridized carbons (Fsp3) is 0.364. The van der Waals surface area contributed by atoms with E-state index >= 15 is 0 Å². The molecule has 27 heavy (non-hydrogen) atoms. The number of para-hydroxylation sites is 1. The molecule has 0 unspecified atom stereocenters. The van der Waals surface area contributed by atoms with E-state index in [1.54, 1.807) is 0 Å². The zero-order valence-corrected chi connectivity index (χ0v) is 16.1. The fourth-order valence-corrected chi connectivity index (χ4v) is 3.68. The largest absolute Gasteiger partial charge is 0.327 e. The Bertz CT molecular complexity index is 756. The van der Waals surface area contributed by atoms with Crippen molar-refractivity contribution in [3.05, 3.63) is 66.2 Å². The Balaban J connectivity index is 1.60. The van der Waals surface area contributed by atoms with Gasteiger partial charge in [-0.3, -0.25) is 9.59 Å². The number of rotatable bonds is 5. The average Bonchev–Trinajstić information content (AvgIpc) is 2.74. The highest BCUT2D eigenvalue weighted by Crippen LogP contribution is 2.14. The van der Waals surface area contributed by atoms with E-state index in [0.29, 0.717) is 19.6 Å². The Labute approximate surface area is 161 Å². The molecule has 1 aliphatic heterocycles. The zero-order valence-electron chi connectivity index (χ0n) is 16.1. The second kappa shape index (κ2) is 8.82. The van der Waals surface area contributed by atoms with E-state index < -0.39 is 0 Å². The van der Waals surface area contributed by atoms with Crippen LogP contribution < -0.4 is 9.80 Å². The van der Waals surface area contributed by atoms with Gasteiger partial charge in [-0.25, -0.2) is 0 Å². The molecule has 0 radical (unpaired) electrons.